The van der Waals surface area contributed by atoms with E-state index < -0.39 is 0 Å². The van der Waals surface area contributed by atoms with E-state index >= 15 is 0 Å². The molecule has 3 heteroatoms. The van der Waals surface area contributed by atoms with E-state index in [-0.39, 0.29) is 0 Å². The Kier molecular flexibility index (Phi) is 3.49. The predicted octanol–water partition coefficient (Wildman–Crippen LogP) is 1.24. The van der Waals surface area contributed by atoms with Crippen LogP contribution in [0.5, 0.6) is 0 Å². The molecule has 74 valence electrons. The first-order valence-corrected chi connectivity index (χ1v) is 4.56. The highest BCUT2D eigenvalue weighted by Crippen LogP contribution is 2.14. The van der Waals surface area contributed by atoms with Crippen LogP contribution in [-0.2, 0) is 6.42 Å². The smallest absolute Gasteiger partial charge is 0.0991 e. The molecule has 1 aromatic rings. The number of nitriles is 1. The van der Waals surface area contributed by atoms with Crippen LogP contribution in [0.4, 0.5) is 5.69 Å². The number of nitrogen functional groups attached to an aromatic ring is 1. The minimum atomic E-state index is 0.674. The Morgan fingerprint density at radius 3 is 2.71 bits per heavy atom. The van der Waals surface area contributed by atoms with Crippen molar-refractivity contribution in [2.75, 3.05) is 26.4 Å². The molecule has 3 nitrogen and oxygen atoms in total. The Morgan fingerprint density at radius 2 is 2.14 bits per heavy atom. The first kappa shape index (κ1) is 10.6. The summed E-state index contributed by atoms with van der Waals surface area (Å²) in [7, 11) is 4.04. The second kappa shape index (κ2) is 4.64. The fraction of sp³-hybridized carbons (Fsp3) is 0.364. The molecular formula is C11H15N3. The van der Waals surface area contributed by atoms with Crippen molar-refractivity contribution in [2.45, 2.75) is 6.42 Å². The van der Waals surface area contributed by atoms with E-state index in [0.29, 0.717) is 5.56 Å². The van der Waals surface area contributed by atoms with Crippen molar-refractivity contribution in [1.82, 2.24) is 4.90 Å². The van der Waals surface area contributed by atoms with Gasteiger partial charge in [-0.25, -0.2) is 0 Å². The van der Waals surface area contributed by atoms with Crippen LogP contribution in [-0.4, -0.2) is 25.5 Å². The maximum atomic E-state index is 8.73. The van der Waals surface area contributed by atoms with Gasteiger partial charge in [-0.2, -0.15) is 5.26 Å². The fourth-order valence-electron chi connectivity index (χ4n) is 1.24. The fourth-order valence-corrected chi connectivity index (χ4v) is 1.24. The lowest BCUT2D eigenvalue weighted by molar-refractivity contribution is 0.414. The Labute approximate surface area is 84.7 Å². The van der Waals surface area contributed by atoms with E-state index in [9.17, 15) is 0 Å². The third-order valence-corrected chi connectivity index (χ3v) is 2.10. The lowest BCUT2D eigenvalue weighted by Gasteiger charge is -2.10. The summed E-state index contributed by atoms with van der Waals surface area (Å²) in [5.74, 6) is 0. The van der Waals surface area contributed by atoms with Gasteiger partial charge in [0.05, 0.1) is 11.6 Å². The summed E-state index contributed by atoms with van der Waals surface area (Å²) in [6.07, 6.45) is 0.883. The van der Waals surface area contributed by atoms with Gasteiger partial charge in [0, 0.05) is 12.2 Å². The van der Waals surface area contributed by atoms with Gasteiger partial charge in [0.25, 0.3) is 0 Å². The minimum Gasteiger partial charge on any atom is -0.399 e. The average Bonchev–Trinajstić information content (AvgIpc) is 2.16. The van der Waals surface area contributed by atoms with Gasteiger partial charge in [-0.05, 0) is 44.3 Å². The number of anilines is 1. The van der Waals surface area contributed by atoms with Crippen molar-refractivity contribution in [3.05, 3.63) is 29.3 Å². The molecular weight excluding hydrogens is 174 g/mol. The lowest BCUT2D eigenvalue weighted by Crippen LogP contribution is -2.15. The van der Waals surface area contributed by atoms with Crippen molar-refractivity contribution >= 4 is 5.69 Å². The van der Waals surface area contributed by atoms with Crippen LogP contribution in [0.15, 0.2) is 18.2 Å². The number of nitrogens with two attached hydrogens (primary N) is 1. The minimum absolute atomic E-state index is 0.674. The van der Waals surface area contributed by atoms with Crippen LogP contribution in [0, 0.1) is 11.3 Å². The van der Waals surface area contributed by atoms with Gasteiger partial charge < -0.3 is 10.6 Å². The van der Waals surface area contributed by atoms with Crippen LogP contribution in [0.25, 0.3) is 0 Å². The van der Waals surface area contributed by atoms with E-state index in [0.717, 1.165) is 24.2 Å². The first-order valence-electron chi connectivity index (χ1n) is 4.56. The van der Waals surface area contributed by atoms with Crippen LogP contribution in [0.2, 0.25) is 0 Å². The van der Waals surface area contributed by atoms with E-state index in [1.807, 2.05) is 20.2 Å². The van der Waals surface area contributed by atoms with Crippen LogP contribution in [0.1, 0.15) is 11.1 Å². The van der Waals surface area contributed by atoms with E-state index in [1.54, 1.807) is 12.1 Å². The molecule has 0 saturated heterocycles. The van der Waals surface area contributed by atoms with Crippen molar-refractivity contribution in [3.63, 3.8) is 0 Å². The zero-order chi connectivity index (χ0) is 10.6. The van der Waals surface area contributed by atoms with Gasteiger partial charge in [-0.1, -0.05) is 0 Å². The number of likely N-dealkylation sites (N-methyl/N-ethyl adjacent to an activating group) is 1. The second-order valence-electron chi connectivity index (χ2n) is 3.58. The summed E-state index contributed by atoms with van der Waals surface area (Å²) in [6.45, 7) is 0.944. The first-order chi connectivity index (χ1) is 6.63. The maximum Gasteiger partial charge on any atom is 0.0991 e. The van der Waals surface area contributed by atoms with Gasteiger partial charge in [-0.3, -0.25) is 0 Å². The topological polar surface area (TPSA) is 53.0 Å². The van der Waals surface area contributed by atoms with Gasteiger partial charge in [0.1, 0.15) is 0 Å². The highest BCUT2D eigenvalue weighted by molar-refractivity contribution is 5.51. The molecule has 14 heavy (non-hydrogen) atoms. The molecule has 0 amide bonds. The summed E-state index contributed by atoms with van der Waals surface area (Å²) in [5.41, 5.74) is 8.30. The Bertz CT molecular complexity index is 350. The molecule has 0 heterocycles. The van der Waals surface area contributed by atoms with Crippen molar-refractivity contribution in [3.8, 4) is 6.07 Å². The molecule has 0 aliphatic carbocycles. The molecule has 0 radical (unpaired) electrons. The monoisotopic (exact) mass is 189 g/mol. The molecule has 2 N–H and O–H groups in total. The van der Waals surface area contributed by atoms with E-state index in [4.69, 9.17) is 11.0 Å². The largest absolute Gasteiger partial charge is 0.399 e. The summed E-state index contributed by atoms with van der Waals surface area (Å²) in [6, 6.07) is 7.51. The standard InChI is InChI=1S/C11H15N3/c1-14(2)6-5-10-7-9(8-12)3-4-11(10)13/h3-4,7H,5-6,13H2,1-2H3. The Balaban J connectivity index is 2.80. The Morgan fingerprint density at radius 1 is 1.43 bits per heavy atom. The molecule has 0 fully saturated rings. The van der Waals surface area contributed by atoms with Crippen molar-refractivity contribution in [2.24, 2.45) is 0 Å². The van der Waals surface area contributed by atoms with Crippen molar-refractivity contribution < 1.29 is 0 Å². The summed E-state index contributed by atoms with van der Waals surface area (Å²) < 4.78 is 0. The molecule has 0 saturated carbocycles. The van der Waals surface area contributed by atoms with Gasteiger partial charge in [0.15, 0.2) is 0 Å². The number of rotatable bonds is 3. The Hall–Kier alpha value is -1.53. The number of nitrogens with zero attached hydrogens (tertiary/aromatic N) is 2. The van der Waals surface area contributed by atoms with Gasteiger partial charge in [-0.15, -0.1) is 0 Å². The second-order valence-corrected chi connectivity index (χ2v) is 3.58. The highest BCUT2D eigenvalue weighted by Gasteiger charge is 2.01. The normalized spacial score (nSPS) is 10.1. The van der Waals surface area contributed by atoms with Crippen molar-refractivity contribution in [1.29, 1.82) is 5.26 Å². The molecule has 0 spiro atoms. The molecule has 1 aromatic carbocycles. The van der Waals surface area contributed by atoms with Crippen LogP contribution in [0.3, 0.4) is 0 Å². The molecule has 0 aliphatic heterocycles. The summed E-state index contributed by atoms with van der Waals surface area (Å²) >= 11 is 0. The molecule has 0 bridgehead atoms. The van der Waals surface area contributed by atoms with Crippen LogP contribution < -0.4 is 5.73 Å². The number of hydrogen-bond donors (Lipinski definition) is 1. The third-order valence-electron chi connectivity index (χ3n) is 2.10. The van der Waals surface area contributed by atoms with Gasteiger partial charge >= 0.3 is 0 Å². The lowest BCUT2D eigenvalue weighted by atomic mass is 10.1. The van der Waals surface area contributed by atoms with E-state index in [2.05, 4.69) is 11.0 Å². The van der Waals surface area contributed by atoms with Crippen LogP contribution >= 0.6 is 0 Å². The molecule has 1 rings (SSSR count). The predicted molar refractivity (Wildman–Crippen MR) is 57.8 cm³/mol. The molecule has 0 aliphatic rings. The third kappa shape index (κ3) is 2.75. The number of hydrogen-bond acceptors (Lipinski definition) is 3. The van der Waals surface area contributed by atoms with E-state index in [1.165, 1.54) is 0 Å². The SMILES string of the molecule is CN(C)CCc1cc(C#N)ccc1N. The maximum absolute atomic E-state index is 8.73. The molecule has 0 atom stereocenters. The number of benzene rings is 1. The summed E-state index contributed by atoms with van der Waals surface area (Å²) in [5, 5.41) is 8.73. The zero-order valence-electron chi connectivity index (χ0n) is 8.62. The molecule has 0 unspecified atom stereocenters. The summed E-state index contributed by atoms with van der Waals surface area (Å²) in [4.78, 5) is 2.10. The average molecular weight is 189 g/mol. The highest BCUT2D eigenvalue weighted by atomic mass is 15.0. The van der Waals surface area contributed by atoms with Gasteiger partial charge in [0.2, 0.25) is 0 Å². The zero-order valence-corrected chi connectivity index (χ0v) is 8.62. The quantitative estimate of drug-likeness (QED) is 0.728. The molecule has 0 aromatic heterocycles.